The number of hydrogen-bond donors (Lipinski definition) is 1. The number of benzene rings is 1. The van der Waals surface area contributed by atoms with Crippen LogP contribution in [0.2, 0.25) is 0 Å². The van der Waals surface area contributed by atoms with Crippen LogP contribution >= 0.6 is 0 Å². The van der Waals surface area contributed by atoms with Gasteiger partial charge in [0.2, 0.25) is 11.8 Å². The summed E-state index contributed by atoms with van der Waals surface area (Å²) in [6.07, 6.45) is 2.14. The van der Waals surface area contributed by atoms with Crippen LogP contribution in [0.15, 0.2) is 28.7 Å². The van der Waals surface area contributed by atoms with E-state index in [1.807, 2.05) is 31.2 Å². The summed E-state index contributed by atoms with van der Waals surface area (Å²) in [7, 11) is -3.64. The molecule has 158 valence electrons. The minimum absolute atomic E-state index is 0.293. The van der Waals surface area contributed by atoms with Crippen molar-refractivity contribution in [3.05, 3.63) is 41.3 Å². The van der Waals surface area contributed by atoms with Gasteiger partial charge in [-0.25, -0.2) is 13.4 Å². The molecule has 1 fully saturated rings. The Morgan fingerprint density at radius 1 is 1.28 bits per heavy atom. The van der Waals surface area contributed by atoms with Crippen molar-refractivity contribution in [3.63, 3.8) is 0 Å². The van der Waals surface area contributed by atoms with Crippen molar-refractivity contribution in [2.75, 3.05) is 25.4 Å². The Hall–Kier alpha value is -2.19. The predicted octanol–water partition coefficient (Wildman–Crippen LogP) is 2.47. The van der Waals surface area contributed by atoms with Crippen LogP contribution in [0.1, 0.15) is 36.8 Å². The molecule has 0 saturated carbocycles. The van der Waals surface area contributed by atoms with Crippen LogP contribution in [-0.4, -0.2) is 55.6 Å². The molecule has 7 nitrogen and oxygen atoms in total. The molecule has 0 bridgehead atoms. The number of sulfone groups is 1. The average Bonchev–Trinajstić information content (AvgIpc) is 3.26. The first-order chi connectivity index (χ1) is 13.8. The Balaban J connectivity index is 1.59. The van der Waals surface area contributed by atoms with E-state index in [9.17, 15) is 13.2 Å². The number of aryl methyl sites for hydroxylation is 2. The lowest BCUT2D eigenvalue weighted by molar-refractivity contribution is -0.118. The Morgan fingerprint density at radius 2 is 2.00 bits per heavy atom. The molecule has 2 heterocycles. The highest BCUT2D eigenvalue weighted by molar-refractivity contribution is 7.91. The van der Waals surface area contributed by atoms with Gasteiger partial charge in [-0.1, -0.05) is 24.6 Å². The van der Waals surface area contributed by atoms with E-state index in [1.165, 1.54) is 0 Å². The lowest BCUT2D eigenvalue weighted by atomic mass is 10.1. The maximum absolute atomic E-state index is 12.5. The molecule has 1 saturated heterocycles. The zero-order valence-electron chi connectivity index (χ0n) is 17.3. The zero-order valence-corrected chi connectivity index (χ0v) is 18.1. The smallest absolute Gasteiger partial charge is 0.235 e. The van der Waals surface area contributed by atoms with E-state index in [0.717, 1.165) is 37.1 Å². The highest BCUT2D eigenvalue weighted by atomic mass is 32.2. The van der Waals surface area contributed by atoms with E-state index in [0.29, 0.717) is 29.9 Å². The molecule has 1 aliphatic rings. The molecule has 0 aliphatic carbocycles. The van der Waals surface area contributed by atoms with Gasteiger partial charge >= 0.3 is 0 Å². The monoisotopic (exact) mass is 419 g/mol. The van der Waals surface area contributed by atoms with Crippen LogP contribution in [0.5, 0.6) is 0 Å². The third-order valence-electron chi connectivity index (χ3n) is 5.34. The fourth-order valence-corrected chi connectivity index (χ4v) is 4.95. The first kappa shape index (κ1) is 21.5. The van der Waals surface area contributed by atoms with E-state index in [2.05, 4.69) is 22.1 Å². The second-order valence-corrected chi connectivity index (χ2v) is 9.71. The third-order valence-corrected chi connectivity index (χ3v) is 6.75. The molecule has 29 heavy (non-hydrogen) atoms. The lowest BCUT2D eigenvalue weighted by Crippen LogP contribution is -2.41. The minimum Gasteiger partial charge on any atom is -0.441 e. The number of likely N-dealkylation sites (N-methyl/N-ethyl adjacent to an activating group) is 1. The summed E-state index contributed by atoms with van der Waals surface area (Å²) in [5.41, 5.74) is 2.25. The molecule has 1 amide bonds. The number of likely N-dealkylation sites (tertiary alicyclic amines) is 1. The first-order valence-corrected chi connectivity index (χ1v) is 11.8. The normalized spacial score (nSPS) is 17.6. The Kier molecular flexibility index (Phi) is 6.74. The zero-order chi connectivity index (χ0) is 21.0. The number of hydrogen-bond acceptors (Lipinski definition) is 6. The summed E-state index contributed by atoms with van der Waals surface area (Å²) in [6.45, 7) is 8.23. The Morgan fingerprint density at radius 3 is 2.69 bits per heavy atom. The average molecular weight is 420 g/mol. The van der Waals surface area contributed by atoms with Crippen LogP contribution < -0.4 is 5.32 Å². The molecule has 1 aromatic heterocycles. The van der Waals surface area contributed by atoms with Gasteiger partial charge in [-0.2, -0.15) is 0 Å². The number of nitrogens with one attached hydrogen (secondary N) is 1. The van der Waals surface area contributed by atoms with Crippen molar-refractivity contribution in [2.45, 2.75) is 45.4 Å². The molecule has 1 atom stereocenters. The molecule has 1 aliphatic heterocycles. The number of carbonyl (C=O) groups is 1. The van der Waals surface area contributed by atoms with Crippen molar-refractivity contribution >= 4 is 15.7 Å². The second kappa shape index (κ2) is 9.09. The lowest BCUT2D eigenvalue weighted by Gasteiger charge is -2.22. The van der Waals surface area contributed by atoms with Crippen molar-refractivity contribution in [1.82, 2.24) is 15.2 Å². The number of rotatable bonds is 8. The van der Waals surface area contributed by atoms with Gasteiger partial charge < -0.3 is 9.73 Å². The topological polar surface area (TPSA) is 92.5 Å². The molecule has 2 aromatic rings. The van der Waals surface area contributed by atoms with Gasteiger partial charge in [0.25, 0.3) is 0 Å². The van der Waals surface area contributed by atoms with Gasteiger partial charge in [0, 0.05) is 18.2 Å². The maximum Gasteiger partial charge on any atom is 0.235 e. The van der Waals surface area contributed by atoms with Crippen LogP contribution in [0.25, 0.3) is 11.5 Å². The molecular weight excluding hydrogens is 390 g/mol. The highest BCUT2D eigenvalue weighted by Crippen LogP contribution is 2.23. The molecule has 1 aromatic carbocycles. The van der Waals surface area contributed by atoms with Gasteiger partial charge in [0.05, 0.1) is 11.4 Å². The molecule has 3 rings (SSSR count). The molecular formula is C21H29N3O4S. The molecule has 1 unspecified atom stereocenters. The summed E-state index contributed by atoms with van der Waals surface area (Å²) in [6, 6.07) is 7.95. The van der Waals surface area contributed by atoms with Gasteiger partial charge in [0.1, 0.15) is 11.5 Å². The van der Waals surface area contributed by atoms with Crippen molar-refractivity contribution in [3.8, 4) is 11.5 Å². The van der Waals surface area contributed by atoms with E-state index in [1.54, 1.807) is 6.92 Å². The van der Waals surface area contributed by atoms with Crippen LogP contribution in [-0.2, 0) is 20.4 Å². The minimum atomic E-state index is -3.64. The summed E-state index contributed by atoms with van der Waals surface area (Å²) in [4.78, 5) is 18.8. The number of nitrogens with zero attached hydrogens (tertiary/aromatic N) is 2. The van der Waals surface area contributed by atoms with E-state index in [4.69, 9.17) is 4.42 Å². The van der Waals surface area contributed by atoms with Gasteiger partial charge in [0.15, 0.2) is 9.84 Å². The Labute approximate surface area is 172 Å². The van der Waals surface area contributed by atoms with Crippen LogP contribution in [0.3, 0.4) is 0 Å². The fraction of sp³-hybridized carbons (Fsp3) is 0.524. The standard InChI is InChI=1S/C21H29N3O4S/c1-4-24-11-5-6-18(24)12-22-20(25)14-29(26,27)13-19-16(3)28-21(23-19)17-9-7-15(2)8-10-17/h7-10,18H,4-6,11-14H2,1-3H3,(H,22,25). The molecule has 0 spiro atoms. The quantitative estimate of drug-likeness (QED) is 0.707. The van der Waals surface area contributed by atoms with E-state index in [-0.39, 0.29) is 5.75 Å². The maximum atomic E-state index is 12.5. The van der Waals surface area contributed by atoms with Gasteiger partial charge in [-0.05, 0) is 51.9 Å². The molecule has 0 radical (unpaired) electrons. The first-order valence-electron chi connectivity index (χ1n) is 10.0. The summed E-state index contributed by atoms with van der Waals surface area (Å²) >= 11 is 0. The third kappa shape index (κ3) is 5.67. The van der Waals surface area contributed by atoms with Crippen LogP contribution in [0.4, 0.5) is 0 Å². The number of oxazole rings is 1. The van der Waals surface area contributed by atoms with Gasteiger partial charge in [-0.3, -0.25) is 9.69 Å². The van der Waals surface area contributed by atoms with E-state index >= 15 is 0 Å². The van der Waals surface area contributed by atoms with Crippen LogP contribution in [0, 0.1) is 13.8 Å². The molecule has 8 heteroatoms. The number of amides is 1. The summed E-state index contributed by atoms with van der Waals surface area (Å²) < 4.78 is 30.7. The Bertz CT molecular complexity index is 951. The summed E-state index contributed by atoms with van der Waals surface area (Å²) in [5, 5.41) is 2.78. The van der Waals surface area contributed by atoms with Crippen molar-refractivity contribution in [2.24, 2.45) is 0 Å². The number of carbonyl (C=O) groups excluding carboxylic acids is 1. The predicted molar refractivity (Wildman–Crippen MR) is 112 cm³/mol. The molecule has 1 N–H and O–H groups in total. The van der Waals surface area contributed by atoms with Crippen molar-refractivity contribution < 1.29 is 17.6 Å². The van der Waals surface area contributed by atoms with Crippen molar-refractivity contribution in [1.29, 1.82) is 0 Å². The largest absolute Gasteiger partial charge is 0.441 e. The fourth-order valence-electron chi connectivity index (χ4n) is 3.67. The summed E-state index contributed by atoms with van der Waals surface area (Å²) in [5.74, 6) is -0.482. The highest BCUT2D eigenvalue weighted by Gasteiger charge is 2.25. The number of aromatic nitrogens is 1. The SMILES string of the molecule is CCN1CCCC1CNC(=O)CS(=O)(=O)Cc1nc(-c2ccc(C)cc2)oc1C. The second-order valence-electron chi connectivity index (χ2n) is 7.65. The van der Waals surface area contributed by atoms with E-state index < -0.39 is 21.5 Å². The van der Waals surface area contributed by atoms with Gasteiger partial charge in [-0.15, -0.1) is 0 Å².